The van der Waals surface area contributed by atoms with E-state index in [0.29, 0.717) is 34.9 Å². The molecule has 28 heavy (non-hydrogen) atoms. The van der Waals surface area contributed by atoms with Gasteiger partial charge < -0.3 is 15.8 Å². The monoisotopic (exact) mass is 483 g/mol. The molecule has 2 aromatic rings. The van der Waals surface area contributed by atoms with Crippen molar-refractivity contribution in [2.75, 3.05) is 11.9 Å². The predicted molar refractivity (Wildman–Crippen MR) is 121 cm³/mol. The van der Waals surface area contributed by atoms with Gasteiger partial charge in [0.2, 0.25) is 0 Å². The first-order valence-electron chi connectivity index (χ1n) is 8.75. The summed E-state index contributed by atoms with van der Waals surface area (Å²) in [4.78, 5) is 25.5. The van der Waals surface area contributed by atoms with E-state index in [1.807, 2.05) is 20.8 Å². The second-order valence-corrected chi connectivity index (χ2v) is 8.50. The Morgan fingerprint density at radius 2 is 2.04 bits per heavy atom. The Hall–Kier alpha value is -1.97. The molecule has 1 aromatic carbocycles. The molecule has 4 N–H and O–H groups in total. The summed E-state index contributed by atoms with van der Waals surface area (Å²) in [7, 11) is 0. The number of primary amides is 1. The van der Waals surface area contributed by atoms with Gasteiger partial charge in [0.05, 0.1) is 17.7 Å². The van der Waals surface area contributed by atoms with E-state index in [0.717, 1.165) is 21.3 Å². The fourth-order valence-electron chi connectivity index (χ4n) is 2.68. The van der Waals surface area contributed by atoms with Gasteiger partial charge >= 0.3 is 0 Å². The maximum absolute atomic E-state index is 12.7. The number of aryl methyl sites for hydroxylation is 1. The van der Waals surface area contributed by atoms with E-state index in [4.69, 9.17) is 22.7 Å². The van der Waals surface area contributed by atoms with Crippen LogP contribution in [0.1, 0.15) is 51.4 Å². The third-order valence-corrected chi connectivity index (χ3v) is 5.67. The molecule has 2 amide bonds. The van der Waals surface area contributed by atoms with Gasteiger partial charge in [0.1, 0.15) is 10.8 Å². The zero-order valence-corrected chi connectivity index (χ0v) is 19.1. The van der Waals surface area contributed by atoms with E-state index in [1.165, 1.54) is 11.3 Å². The second kappa shape index (κ2) is 9.99. The highest BCUT2D eigenvalue weighted by atomic mass is 79.9. The van der Waals surface area contributed by atoms with Gasteiger partial charge in [0.25, 0.3) is 11.8 Å². The van der Waals surface area contributed by atoms with Crippen LogP contribution in [0.15, 0.2) is 22.7 Å². The number of halogens is 1. The lowest BCUT2D eigenvalue weighted by Gasteiger charge is -2.13. The van der Waals surface area contributed by atoms with Gasteiger partial charge in [-0.2, -0.15) is 0 Å². The number of carbonyl (C=O) groups excluding carboxylic acids is 2. The molecule has 0 bridgehead atoms. The maximum atomic E-state index is 12.7. The molecule has 6 nitrogen and oxygen atoms in total. The summed E-state index contributed by atoms with van der Waals surface area (Å²) in [6.07, 6.45) is 1.50. The van der Waals surface area contributed by atoms with E-state index in [1.54, 1.807) is 18.2 Å². The van der Waals surface area contributed by atoms with Gasteiger partial charge in [0, 0.05) is 9.35 Å². The average molecular weight is 484 g/mol. The van der Waals surface area contributed by atoms with Crippen molar-refractivity contribution in [3.05, 3.63) is 44.2 Å². The van der Waals surface area contributed by atoms with Crippen LogP contribution in [-0.2, 0) is 6.42 Å². The van der Waals surface area contributed by atoms with E-state index in [-0.39, 0.29) is 5.11 Å². The number of thiophene rings is 1. The van der Waals surface area contributed by atoms with Crippen molar-refractivity contribution in [2.45, 2.75) is 33.6 Å². The van der Waals surface area contributed by atoms with Gasteiger partial charge in [-0.3, -0.25) is 14.9 Å². The van der Waals surface area contributed by atoms with Gasteiger partial charge in [0.15, 0.2) is 5.11 Å². The van der Waals surface area contributed by atoms with Gasteiger partial charge in [-0.1, -0.05) is 29.8 Å². The third kappa shape index (κ3) is 5.30. The first kappa shape index (κ1) is 22.3. The van der Waals surface area contributed by atoms with Crippen molar-refractivity contribution in [2.24, 2.45) is 5.73 Å². The number of rotatable bonds is 7. The molecule has 0 radical (unpaired) electrons. The minimum atomic E-state index is -0.528. The molecule has 1 heterocycles. The third-order valence-electron chi connectivity index (χ3n) is 3.91. The van der Waals surface area contributed by atoms with Crippen LogP contribution in [0.3, 0.4) is 0 Å². The molecule has 0 saturated heterocycles. The summed E-state index contributed by atoms with van der Waals surface area (Å²) in [5, 5.41) is 6.18. The summed E-state index contributed by atoms with van der Waals surface area (Å²) in [6.45, 7) is 6.36. The Kier molecular flexibility index (Phi) is 7.97. The van der Waals surface area contributed by atoms with Crippen LogP contribution in [0.2, 0.25) is 0 Å². The molecule has 0 aliphatic rings. The van der Waals surface area contributed by atoms with Crippen LogP contribution >= 0.6 is 39.5 Å². The lowest BCUT2D eigenvalue weighted by molar-refractivity contribution is 0.0971. The molecule has 0 unspecified atom stereocenters. The molecule has 0 aliphatic carbocycles. The molecule has 0 fully saturated rings. The fraction of sp³-hybridized carbons (Fsp3) is 0.316. The summed E-state index contributed by atoms with van der Waals surface area (Å²) in [5.74, 6) is -0.460. The quantitative estimate of drug-likeness (QED) is 0.507. The zero-order chi connectivity index (χ0) is 20.8. The number of amides is 2. The lowest BCUT2D eigenvalue weighted by atomic mass is 10.1. The van der Waals surface area contributed by atoms with E-state index in [2.05, 4.69) is 26.6 Å². The van der Waals surface area contributed by atoms with E-state index in [9.17, 15) is 9.59 Å². The first-order valence-corrected chi connectivity index (χ1v) is 10.8. The minimum Gasteiger partial charge on any atom is -0.493 e. The largest absolute Gasteiger partial charge is 0.493 e. The maximum Gasteiger partial charge on any atom is 0.261 e. The van der Waals surface area contributed by atoms with Crippen molar-refractivity contribution in [3.8, 4) is 5.75 Å². The number of anilines is 1. The molecule has 0 spiro atoms. The topological polar surface area (TPSA) is 93.4 Å². The highest BCUT2D eigenvalue weighted by Crippen LogP contribution is 2.33. The Bertz CT molecular complexity index is 912. The Morgan fingerprint density at radius 1 is 1.32 bits per heavy atom. The molecular formula is C19H22BrN3O3S2. The van der Waals surface area contributed by atoms with E-state index < -0.39 is 11.8 Å². The summed E-state index contributed by atoms with van der Waals surface area (Å²) < 4.78 is 6.39. The summed E-state index contributed by atoms with van der Waals surface area (Å²) >= 11 is 10.0. The van der Waals surface area contributed by atoms with E-state index >= 15 is 0 Å². The highest BCUT2D eigenvalue weighted by molar-refractivity contribution is 9.10. The molecule has 1 aromatic heterocycles. The average Bonchev–Trinajstić information content (AvgIpc) is 2.95. The fourth-order valence-corrected chi connectivity index (χ4v) is 4.45. The van der Waals surface area contributed by atoms with Crippen molar-refractivity contribution >= 4 is 61.4 Å². The number of hydrogen-bond donors (Lipinski definition) is 3. The molecule has 0 saturated carbocycles. The SMILES string of the molecule is CCCOc1ccc(Br)cc1C(=O)NC(=S)Nc1sc(C)c(CC)c1C(N)=O. The number of thiocarbonyl (C=S) groups is 1. The minimum absolute atomic E-state index is 0.0813. The summed E-state index contributed by atoms with van der Waals surface area (Å²) in [5.41, 5.74) is 7.19. The Balaban J connectivity index is 2.19. The van der Waals surface area contributed by atoms with Crippen molar-refractivity contribution in [3.63, 3.8) is 0 Å². The number of nitrogens with one attached hydrogen (secondary N) is 2. The first-order chi connectivity index (χ1) is 13.3. The zero-order valence-electron chi connectivity index (χ0n) is 15.8. The van der Waals surface area contributed by atoms with Crippen molar-refractivity contribution < 1.29 is 14.3 Å². The van der Waals surface area contributed by atoms with Crippen LogP contribution in [0.5, 0.6) is 5.75 Å². The standard InChI is InChI=1S/C19H22BrN3O3S2/c1-4-8-26-14-7-6-11(20)9-13(14)17(25)22-19(27)23-18-15(16(21)24)12(5-2)10(3)28-18/h6-7,9H,4-5,8H2,1-3H3,(H2,21,24)(H2,22,23,25,27). The number of carbonyl (C=O) groups is 2. The normalized spacial score (nSPS) is 10.4. The van der Waals surface area contributed by atoms with Crippen LogP contribution in [0.25, 0.3) is 0 Å². The predicted octanol–water partition coefficient (Wildman–Crippen LogP) is 4.40. The molecule has 0 aliphatic heterocycles. The number of benzene rings is 1. The lowest BCUT2D eigenvalue weighted by Crippen LogP contribution is -2.34. The van der Waals surface area contributed by atoms with Crippen LogP contribution in [-0.4, -0.2) is 23.5 Å². The van der Waals surface area contributed by atoms with Crippen molar-refractivity contribution in [1.82, 2.24) is 5.32 Å². The Labute approximate surface area is 182 Å². The second-order valence-electron chi connectivity index (χ2n) is 5.96. The number of hydrogen-bond acceptors (Lipinski definition) is 5. The molecule has 150 valence electrons. The van der Waals surface area contributed by atoms with Crippen molar-refractivity contribution in [1.29, 1.82) is 0 Å². The molecule has 0 atom stereocenters. The molecular weight excluding hydrogens is 462 g/mol. The number of nitrogens with two attached hydrogens (primary N) is 1. The van der Waals surface area contributed by atoms with Crippen LogP contribution in [0.4, 0.5) is 5.00 Å². The summed E-state index contributed by atoms with van der Waals surface area (Å²) in [6, 6.07) is 5.20. The van der Waals surface area contributed by atoms with Crippen LogP contribution in [0, 0.1) is 6.92 Å². The smallest absolute Gasteiger partial charge is 0.261 e. The van der Waals surface area contributed by atoms with Crippen LogP contribution < -0.4 is 21.1 Å². The van der Waals surface area contributed by atoms with Gasteiger partial charge in [-0.05, 0) is 55.7 Å². The molecule has 9 heteroatoms. The van der Waals surface area contributed by atoms with Gasteiger partial charge in [-0.15, -0.1) is 11.3 Å². The Morgan fingerprint density at radius 3 is 2.64 bits per heavy atom. The number of ether oxygens (including phenoxy) is 1. The highest BCUT2D eigenvalue weighted by Gasteiger charge is 2.21. The van der Waals surface area contributed by atoms with Gasteiger partial charge in [-0.25, -0.2) is 0 Å². The molecule has 2 rings (SSSR count).